The van der Waals surface area contributed by atoms with E-state index in [9.17, 15) is 14.4 Å². The zero-order valence-corrected chi connectivity index (χ0v) is 21.8. The summed E-state index contributed by atoms with van der Waals surface area (Å²) in [5.74, 6) is 0.330. The van der Waals surface area contributed by atoms with Gasteiger partial charge in [-0.25, -0.2) is 4.79 Å². The largest absolute Gasteiger partial charge is 0.491 e. The van der Waals surface area contributed by atoms with Crippen molar-refractivity contribution in [3.8, 4) is 16.9 Å². The summed E-state index contributed by atoms with van der Waals surface area (Å²) in [4.78, 5) is 48.2. The maximum atomic E-state index is 13.5. The molecule has 5 rings (SSSR count). The Morgan fingerprint density at radius 2 is 1.85 bits per heavy atom. The van der Waals surface area contributed by atoms with Crippen molar-refractivity contribution in [1.82, 2.24) is 20.1 Å². The molecule has 2 aliphatic rings. The van der Waals surface area contributed by atoms with E-state index in [0.29, 0.717) is 43.1 Å². The van der Waals surface area contributed by atoms with Crippen molar-refractivity contribution in [1.29, 1.82) is 0 Å². The Morgan fingerprint density at radius 1 is 1.05 bits per heavy atom. The van der Waals surface area contributed by atoms with Gasteiger partial charge in [0, 0.05) is 43.3 Å². The molecule has 0 spiro atoms. The Hall–Kier alpha value is -4.44. The average molecular weight is 529 g/mol. The van der Waals surface area contributed by atoms with Crippen molar-refractivity contribution in [2.75, 3.05) is 44.7 Å². The fourth-order valence-electron chi connectivity index (χ4n) is 5.19. The number of nitrogens with one attached hydrogen (secondary N) is 1. The number of carbonyl (C=O) groups is 3. The van der Waals surface area contributed by atoms with E-state index in [1.807, 2.05) is 66.5 Å². The number of primary amides is 1. The summed E-state index contributed by atoms with van der Waals surface area (Å²) in [5, 5.41) is 2.91. The Balaban J connectivity index is 1.44. The van der Waals surface area contributed by atoms with Crippen molar-refractivity contribution in [3.63, 3.8) is 0 Å². The molecule has 0 radical (unpaired) electrons. The third kappa shape index (κ3) is 6.01. The number of benzene rings is 2. The van der Waals surface area contributed by atoms with Gasteiger partial charge >= 0.3 is 6.03 Å². The molecular formula is C29H32N6O4. The van der Waals surface area contributed by atoms with E-state index in [1.165, 1.54) is 6.20 Å². The van der Waals surface area contributed by atoms with Crippen molar-refractivity contribution in [2.45, 2.75) is 18.5 Å². The molecule has 0 aliphatic carbocycles. The first-order chi connectivity index (χ1) is 18.9. The molecule has 1 aromatic heterocycles. The van der Waals surface area contributed by atoms with Gasteiger partial charge in [0.1, 0.15) is 12.4 Å². The summed E-state index contributed by atoms with van der Waals surface area (Å²) in [6.07, 6.45) is 3.77. The second-order valence-electron chi connectivity index (χ2n) is 9.93. The van der Waals surface area contributed by atoms with E-state index >= 15 is 0 Å². The summed E-state index contributed by atoms with van der Waals surface area (Å²) in [7, 11) is 1.84. The van der Waals surface area contributed by atoms with Crippen LogP contribution in [0.3, 0.4) is 0 Å². The highest BCUT2D eigenvalue weighted by molar-refractivity contribution is 5.95. The van der Waals surface area contributed by atoms with Crippen LogP contribution in [-0.2, 0) is 4.79 Å². The minimum absolute atomic E-state index is 0.0775. The molecule has 10 nitrogen and oxygen atoms in total. The first-order valence-corrected chi connectivity index (χ1v) is 13.0. The van der Waals surface area contributed by atoms with Crippen molar-refractivity contribution in [2.24, 2.45) is 5.73 Å². The molecule has 1 fully saturated rings. The number of hydrogen-bond donors (Lipinski definition) is 2. The van der Waals surface area contributed by atoms with Gasteiger partial charge in [0.15, 0.2) is 0 Å². The first kappa shape index (κ1) is 26.2. The maximum absolute atomic E-state index is 13.5. The van der Waals surface area contributed by atoms with Crippen LogP contribution >= 0.6 is 0 Å². The Kier molecular flexibility index (Phi) is 7.74. The number of aromatic nitrogens is 1. The topological polar surface area (TPSA) is 121 Å². The number of hydrogen-bond acceptors (Lipinski definition) is 6. The summed E-state index contributed by atoms with van der Waals surface area (Å²) in [6, 6.07) is 17.5. The normalized spacial score (nSPS) is 20.4. The van der Waals surface area contributed by atoms with E-state index in [4.69, 9.17) is 10.5 Å². The predicted molar refractivity (Wildman–Crippen MR) is 147 cm³/mol. The molecule has 2 aromatic carbocycles. The van der Waals surface area contributed by atoms with Crippen LogP contribution in [0.5, 0.6) is 5.75 Å². The Labute approximate surface area is 227 Å². The van der Waals surface area contributed by atoms with E-state index in [1.54, 1.807) is 22.1 Å². The fourth-order valence-corrected chi connectivity index (χ4v) is 5.19. The van der Waals surface area contributed by atoms with Crippen LogP contribution < -0.4 is 20.7 Å². The third-order valence-corrected chi connectivity index (χ3v) is 7.14. The van der Waals surface area contributed by atoms with Gasteiger partial charge in [-0.1, -0.05) is 30.3 Å². The van der Waals surface area contributed by atoms with Crippen molar-refractivity contribution < 1.29 is 19.1 Å². The lowest BCUT2D eigenvalue weighted by Crippen LogP contribution is -2.47. The summed E-state index contributed by atoms with van der Waals surface area (Å²) < 4.78 is 6.21. The standard InChI is InChI=1S/C29H32N6O4/c1-33-11-10-32-28(37)22-12-21(15-31-16-22)20-6-5-9-26(13-20)39-19-25-14-24(17-34(25)27(36)18-33)35(29(30)38)23-7-3-2-4-8-23/h2-9,12-13,15-16,24-25H,10-11,14,17-19H2,1H3,(H2,30,38)(H,32,37)/t24-,25+/m1/s1. The number of nitrogens with two attached hydrogens (primary N) is 1. The molecule has 39 heavy (non-hydrogen) atoms. The van der Waals surface area contributed by atoms with E-state index in [-0.39, 0.29) is 37.0 Å². The number of carbonyl (C=O) groups excluding carboxylic acids is 3. The summed E-state index contributed by atoms with van der Waals surface area (Å²) in [5.41, 5.74) is 8.62. The zero-order valence-electron chi connectivity index (χ0n) is 21.8. The molecule has 0 saturated carbocycles. The molecule has 4 amide bonds. The van der Waals surface area contributed by atoms with E-state index in [0.717, 1.165) is 11.1 Å². The lowest BCUT2D eigenvalue weighted by molar-refractivity contribution is -0.133. The van der Waals surface area contributed by atoms with Crippen molar-refractivity contribution in [3.05, 3.63) is 78.6 Å². The molecule has 0 unspecified atom stereocenters. The summed E-state index contributed by atoms with van der Waals surface area (Å²) >= 11 is 0. The van der Waals surface area contributed by atoms with Crippen LogP contribution in [0.15, 0.2) is 73.1 Å². The fraction of sp³-hybridized carbons (Fsp3) is 0.310. The quantitative estimate of drug-likeness (QED) is 0.527. The predicted octanol–water partition coefficient (Wildman–Crippen LogP) is 2.36. The van der Waals surface area contributed by atoms with E-state index < -0.39 is 6.03 Å². The van der Waals surface area contributed by atoms with Crippen LogP contribution in [0.25, 0.3) is 11.1 Å². The summed E-state index contributed by atoms with van der Waals surface area (Å²) in [6.45, 7) is 1.62. The molecule has 3 aromatic rings. The van der Waals surface area contributed by atoms with Gasteiger partial charge in [-0.05, 0) is 49.4 Å². The second-order valence-corrected chi connectivity index (χ2v) is 9.93. The number of nitrogens with zero attached hydrogens (tertiary/aromatic N) is 4. The minimum atomic E-state index is -0.564. The lowest BCUT2D eigenvalue weighted by atomic mass is 10.1. The molecule has 4 bridgehead atoms. The van der Waals surface area contributed by atoms with Gasteiger partial charge in [-0.3, -0.25) is 24.4 Å². The van der Waals surface area contributed by atoms with Gasteiger partial charge < -0.3 is 20.7 Å². The monoisotopic (exact) mass is 528 g/mol. The molecule has 2 atom stereocenters. The molecule has 2 aliphatic heterocycles. The Bertz CT molecular complexity index is 1350. The number of pyridine rings is 1. The molecule has 3 N–H and O–H groups in total. The SMILES string of the molecule is CN1CCNC(=O)c2cncc(c2)-c2cccc(c2)OC[C@@H]2C[C@@H](N(C(N)=O)c3ccccc3)CN2C(=O)C1. The number of amides is 4. The van der Waals surface area contributed by atoms with Crippen LogP contribution in [0.4, 0.5) is 10.5 Å². The van der Waals surface area contributed by atoms with Gasteiger partial charge in [0.2, 0.25) is 5.91 Å². The van der Waals surface area contributed by atoms with Gasteiger partial charge in [-0.15, -0.1) is 0 Å². The maximum Gasteiger partial charge on any atom is 0.319 e. The second kappa shape index (κ2) is 11.5. The molecular weight excluding hydrogens is 496 g/mol. The molecule has 10 heteroatoms. The Morgan fingerprint density at radius 3 is 2.64 bits per heavy atom. The van der Waals surface area contributed by atoms with Crippen molar-refractivity contribution >= 4 is 23.5 Å². The highest BCUT2D eigenvalue weighted by Crippen LogP contribution is 2.29. The number of anilines is 1. The lowest BCUT2D eigenvalue weighted by Gasteiger charge is -2.28. The minimum Gasteiger partial charge on any atom is -0.491 e. The number of para-hydroxylation sites is 1. The zero-order chi connectivity index (χ0) is 27.4. The van der Waals surface area contributed by atoms with Crippen LogP contribution in [0.1, 0.15) is 16.8 Å². The van der Waals surface area contributed by atoms with Gasteiger partial charge in [-0.2, -0.15) is 0 Å². The number of fused-ring (bicyclic) bond motifs is 6. The molecule has 202 valence electrons. The number of urea groups is 1. The van der Waals surface area contributed by atoms with Gasteiger partial charge in [0.25, 0.3) is 5.91 Å². The average Bonchev–Trinajstić information content (AvgIpc) is 3.36. The van der Waals surface area contributed by atoms with Crippen LogP contribution in [0.2, 0.25) is 0 Å². The number of ether oxygens (including phenoxy) is 1. The molecule has 1 saturated heterocycles. The van der Waals surface area contributed by atoms with Crippen LogP contribution in [-0.4, -0.2) is 84.5 Å². The number of rotatable bonds is 2. The van der Waals surface area contributed by atoms with E-state index in [2.05, 4.69) is 10.3 Å². The highest BCUT2D eigenvalue weighted by Gasteiger charge is 2.40. The highest BCUT2D eigenvalue weighted by atomic mass is 16.5. The number of likely N-dealkylation sites (N-methyl/N-ethyl adjacent to an activating group) is 1. The smallest absolute Gasteiger partial charge is 0.319 e. The van der Waals surface area contributed by atoms with Gasteiger partial charge in [0.05, 0.1) is 24.2 Å². The first-order valence-electron chi connectivity index (χ1n) is 13.0. The third-order valence-electron chi connectivity index (χ3n) is 7.14. The molecule has 3 heterocycles. The van der Waals surface area contributed by atoms with Crippen LogP contribution in [0, 0.1) is 0 Å².